The lowest BCUT2D eigenvalue weighted by Gasteiger charge is -2.06. The van der Waals surface area contributed by atoms with Crippen molar-refractivity contribution in [2.24, 2.45) is 0 Å². The maximum absolute atomic E-state index is 11.5. The number of rotatable bonds is 2. The highest BCUT2D eigenvalue weighted by Gasteiger charge is 2.16. The van der Waals surface area contributed by atoms with E-state index in [9.17, 15) is 9.59 Å². The standard InChI is InChI=1S/C10H11N3O3/c1-4(2)5-3-6(10(15)16)11-8-7(5)9(14)13-12-8/h3-4H,1-2H3,(H,15,16)(H2,11,12,13,14). The van der Waals surface area contributed by atoms with Crippen LogP contribution < -0.4 is 5.56 Å². The highest BCUT2D eigenvalue weighted by atomic mass is 16.4. The quantitative estimate of drug-likeness (QED) is 0.706. The van der Waals surface area contributed by atoms with Gasteiger partial charge in [-0.3, -0.25) is 15.0 Å². The van der Waals surface area contributed by atoms with Crippen LogP contribution >= 0.6 is 0 Å². The molecule has 0 spiro atoms. The van der Waals surface area contributed by atoms with Gasteiger partial charge in [-0.1, -0.05) is 13.8 Å². The van der Waals surface area contributed by atoms with E-state index in [-0.39, 0.29) is 22.8 Å². The Morgan fingerprint density at radius 1 is 1.44 bits per heavy atom. The Morgan fingerprint density at radius 2 is 2.12 bits per heavy atom. The van der Waals surface area contributed by atoms with Gasteiger partial charge in [-0.25, -0.2) is 9.78 Å². The first-order valence-electron chi connectivity index (χ1n) is 4.85. The van der Waals surface area contributed by atoms with Crippen molar-refractivity contribution in [3.8, 4) is 0 Å². The molecule has 2 aromatic heterocycles. The highest BCUT2D eigenvalue weighted by molar-refractivity contribution is 5.90. The Balaban J connectivity index is 2.86. The Morgan fingerprint density at radius 3 is 2.69 bits per heavy atom. The van der Waals surface area contributed by atoms with E-state index in [2.05, 4.69) is 15.2 Å². The lowest BCUT2D eigenvalue weighted by molar-refractivity contribution is 0.0691. The molecule has 2 rings (SSSR count). The van der Waals surface area contributed by atoms with Crippen molar-refractivity contribution in [2.75, 3.05) is 0 Å². The molecule has 6 heteroatoms. The zero-order valence-electron chi connectivity index (χ0n) is 8.87. The average molecular weight is 221 g/mol. The van der Waals surface area contributed by atoms with Crippen LogP contribution in [0.1, 0.15) is 35.8 Å². The van der Waals surface area contributed by atoms with Crippen LogP contribution in [0.3, 0.4) is 0 Å². The number of hydrogen-bond acceptors (Lipinski definition) is 3. The SMILES string of the molecule is CC(C)c1cc(C(=O)O)nc2[nH][nH]c(=O)c12. The molecule has 0 saturated carbocycles. The summed E-state index contributed by atoms with van der Waals surface area (Å²) in [5.41, 5.74) is 0.632. The van der Waals surface area contributed by atoms with E-state index in [1.807, 2.05) is 13.8 Å². The van der Waals surface area contributed by atoms with Gasteiger partial charge in [0, 0.05) is 0 Å². The third-order valence-electron chi connectivity index (χ3n) is 2.41. The van der Waals surface area contributed by atoms with Gasteiger partial charge in [0.05, 0.1) is 5.39 Å². The van der Waals surface area contributed by atoms with Crippen molar-refractivity contribution in [2.45, 2.75) is 19.8 Å². The number of pyridine rings is 1. The summed E-state index contributed by atoms with van der Waals surface area (Å²) in [5, 5.41) is 14.3. The van der Waals surface area contributed by atoms with E-state index in [4.69, 9.17) is 5.11 Å². The number of nitrogens with one attached hydrogen (secondary N) is 2. The van der Waals surface area contributed by atoms with Crippen molar-refractivity contribution in [1.29, 1.82) is 0 Å². The molecule has 0 amide bonds. The van der Waals surface area contributed by atoms with Crippen LogP contribution in [-0.2, 0) is 0 Å². The molecule has 0 aromatic carbocycles. The van der Waals surface area contributed by atoms with Crippen LogP contribution in [0.25, 0.3) is 11.0 Å². The van der Waals surface area contributed by atoms with Crippen molar-refractivity contribution < 1.29 is 9.90 Å². The molecule has 0 aliphatic heterocycles. The Kier molecular flexibility index (Phi) is 2.26. The van der Waals surface area contributed by atoms with Gasteiger partial charge in [0.15, 0.2) is 11.3 Å². The summed E-state index contributed by atoms with van der Waals surface area (Å²) in [7, 11) is 0. The van der Waals surface area contributed by atoms with Crippen LogP contribution in [0.4, 0.5) is 0 Å². The van der Waals surface area contributed by atoms with E-state index in [1.165, 1.54) is 6.07 Å². The molecule has 0 atom stereocenters. The summed E-state index contributed by atoms with van der Waals surface area (Å²) in [4.78, 5) is 26.2. The molecule has 0 unspecified atom stereocenters. The van der Waals surface area contributed by atoms with Gasteiger partial charge >= 0.3 is 5.97 Å². The zero-order valence-corrected chi connectivity index (χ0v) is 8.87. The molecule has 16 heavy (non-hydrogen) atoms. The Hall–Kier alpha value is -2.11. The predicted octanol–water partition coefficient (Wildman–Crippen LogP) is 1.07. The third-order valence-corrected chi connectivity index (χ3v) is 2.41. The van der Waals surface area contributed by atoms with Crippen molar-refractivity contribution in [3.05, 3.63) is 27.7 Å². The molecule has 6 nitrogen and oxygen atoms in total. The number of H-pyrrole nitrogens is 2. The number of carboxylic acid groups (broad SMARTS) is 1. The van der Waals surface area contributed by atoms with E-state index >= 15 is 0 Å². The predicted molar refractivity (Wildman–Crippen MR) is 57.8 cm³/mol. The molecule has 0 aliphatic carbocycles. The lowest BCUT2D eigenvalue weighted by Crippen LogP contribution is -2.06. The number of carbonyl (C=O) groups is 1. The van der Waals surface area contributed by atoms with Gasteiger partial charge in [0.1, 0.15) is 0 Å². The second-order valence-corrected chi connectivity index (χ2v) is 3.86. The molecule has 0 radical (unpaired) electrons. The molecule has 2 aromatic rings. The van der Waals surface area contributed by atoms with Gasteiger partial charge in [0.25, 0.3) is 5.56 Å². The number of nitrogens with zero attached hydrogens (tertiary/aromatic N) is 1. The van der Waals surface area contributed by atoms with Crippen molar-refractivity contribution >= 4 is 17.0 Å². The maximum atomic E-state index is 11.5. The Bertz CT molecular complexity index is 609. The summed E-state index contributed by atoms with van der Waals surface area (Å²) in [6.45, 7) is 3.79. The number of hydrogen-bond donors (Lipinski definition) is 3. The monoisotopic (exact) mass is 221 g/mol. The average Bonchev–Trinajstić information content (AvgIpc) is 2.59. The molecule has 2 heterocycles. The number of fused-ring (bicyclic) bond motifs is 1. The Labute approximate surface area is 90.3 Å². The molecule has 0 saturated heterocycles. The largest absolute Gasteiger partial charge is 0.477 e. The van der Waals surface area contributed by atoms with Gasteiger partial charge in [-0.2, -0.15) is 0 Å². The van der Waals surface area contributed by atoms with Crippen molar-refractivity contribution in [3.63, 3.8) is 0 Å². The van der Waals surface area contributed by atoms with Gasteiger partial charge in [-0.05, 0) is 17.5 Å². The minimum Gasteiger partial charge on any atom is -0.477 e. The van der Waals surface area contributed by atoms with Crippen molar-refractivity contribution in [1.82, 2.24) is 15.2 Å². The molecule has 3 N–H and O–H groups in total. The highest BCUT2D eigenvalue weighted by Crippen LogP contribution is 2.21. The minimum atomic E-state index is -1.11. The topological polar surface area (TPSA) is 98.8 Å². The minimum absolute atomic E-state index is 0.0560. The van der Waals surface area contributed by atoms with E-state index in [1.54, 1.807) is 0 Å². The van der Waals surface area contributed by atoms with E-state index < -0.39 is 5.97 Å². The second-order valence-electron chi connectivity index (χ2n) is 3.86. The lowest BCUT2D eigenvalue weighted by atomic mass is 10.0. The second kappa shape index (κ2) is 3.48. The summed E-state index contributed by atoms with van der Waals surface area (Å²) in [5.74, 6) is -1.05. The van der Waals surface area contributed by atoms with E-state index in [0.717, 1.165) is 0 Å². The van der Waals surface area contributed by atoms with Crippen LogP contribution in [0.5, 0.6) is 0 Å². The molecule has 0 fully saturated rings. The van der Waals surface area contributed by atoms with Crippen LogP contribution in [-0.4, -0.2) is 26.3 Å². The van der Waals surface area contributed by atoms with Crippen LogP contribution in [0.15, 0.2) is 10.9 Å². The molecule has 0 bridgehead atoms. The fourth-order valence-corrected chi connectivity index (χ4v) is 1.64. The molecular weight excluding hydrogens is 210 g/mol. The smallest absolute Gasteiger partial charge is 0.354 e. The zero-order chi connectivity index (χ0) is 11.9. The van der Waals surface area contributed by atoms with E-state index in [0.29, 0.717) is 10.9 Å². The molecule has 84 valence electrons. The first kappa shape index (κ1) is 10.4. The normalized spacial score (nSPS) is 11.2. The summed E-state index contributed by atoms with van der Waals surface area (Å²) >= 11 is 0. The molecular formula is C10H11N3O3. The number of aromatic nitrogens is 3. The number of aromatic amines is 2. The summed E-state index contributed by atoms with van der Waals surface area (Å²) in [6, 6.07) is 1.44. The van der Waals surface area contributed by atoms with Crippen LogP contribution in [0, 0.1) is 0 Å². The van der Waals surface area contributed by atoms with Gasteiger partial charge < -0.3 is 5.11 Å². The third kappa shape index (κ3) is 1.48. The fourth-order valence-electron chi connectivity index (χ4n) is 1.64. The maximum Gasteiger partial charge on any atom is 0.354 e. The first-order valence-corrected chi connectivity index (χ1v) is 4.85. The summed E-state index contributed by atoms with van der Waals surface area (Å²) < 4.78 is 0. The van der Waals surface area contributed by atoms with Crippen LogP contribution in [0.2, 0.25) is 0 Å². The number of carboxylic acids is 1. The molecule has 0 aliphatic rings. The van der Waals surface area contributed by atoms with Gasteiger partial charge in [-0.15, -0.1) is 0 Å². The van der Waals surface area contributed by atoms with Gasteiger partial charge in [0.2, 0.25) is 0 Å². The first-order chi connectivity index (χ1) is 7.50. The fraction of sp³-hybridized carbons (Fsp3) is 0.300. The number of aromatic carboxylic acids is 1. The summed E-state index contributed by atoms with van der Waals surface area (Å²) in [6.07, 6.45) is 0.